The fraction of sp³-hybridized carbons (Fsp3) is 0.562. The zero-order valence-corrected chi connectivity index (χ0v) is 12.0. The van der Waals surface area contributed by atoms with E-state index in [1.165, 1.54) is 18.4 Å². The lowest BCUT2D eigenvalue weighted by Crippen LogP contribution is -2.41. The topological polar surface area (TPSA) is 41.6 Å². The minimum absolute atomic E-state index is 0.124. The summed E-state index contributed by atoms with van der Waals surface area (Å²) in [4.78, 5) is 14.1. The van der Waals surface area contributed by atoms with Crippen molar-refractivity contribution < 1.29 is 9.53 Å². The van der Waals surface area contributed by atoms with Gasteiger partial charge in [-0.15, -0.1) is 0 Å². The van der Waals surface area contributed by atoms with Crippen LogP contribution >= 0.6 is 0 Å². The molecule has 0 aromatic heterocycles. The molecule has 0 saturated heterocycles. The number of ether oxygens (including phenoxy) is 1. The van der Waals surface area contributed by atoms with Crippen LogP contribution in [-0.2, 0) is 16.0 Å². The molecular weight excluding hydrogens is 252 g/mol. The summed E-state index contributed by atoms with van der Waals surface area (Å²) < 4.78 is 5.59. The number of anilines is 1. The number of nitrogens with zero attached hydrogens (tertiary/aromatic N) is 1. The van der Waals surface area contributed by atoms with Crippen molar-refractivity contribution in [2.24, 2.45) is 5.92 Å². The van der Waals surface area contributed by atoms with Gasteiger partial charge in [0, 0.05) is 32.3 Å². The maximum atomic E-state index is 12.4. The van der Waals surface area contributed by atoms with Crippen molar-refractivity contribution in [1.82, 2.24) is 4.90 Å². The standard InChI is InChI=1S/C16H22N2O2/c1-18(8-9-20-11-12-6-7-12)16(19)15-10-13-4-2-3-5-14(13)17-15/h2-5,12,15,17H,6-11H2,1H3/t15-/m0/s1. The zero-order valence-electron chi connectivity index (χ0n) is 12.0. The first-order valence-corrected chi connectivity index (χ1v) is 7.41. The number of rotatable bonds is 6. The molecule has 1 aromatic rings. The minimum Gasteiger partial charge on any atom is -0.379 e. The normalized spacial score (nSPS) is 20.4. The molecule has 1 heterocycles. The summed E-state index contributed by atoms with van der Waals surface area (Å²) in [7, 11) is 1.85. The SMILES string of the molecule is CN(CCOCC1CC1)C(=O)[C@@H]1Cc2ccccc2N1. The Hall–Kier alpha value is -1.55. The van der Waals surface area contributed by atoms with Gasteiger partial charge in [-0.2, -0.15) is 0 Å². The third-order valence-electron chi connectivity index (χ3n) is 4.07. The number of fused-ring (bicyclic) bond motifs is 1. The molecule has 2 aliphatic rings. The summed E-state index contributed by atoms with van der Waals surface area (Å²) in [6.45, 7) is 2.16. The summed E-state index contributed by atoms with van der Waals surface area (Å²) in [5.41, 5.74) is 2.31. The Labute approximate surface area is 120 Å². The molecule has 4 nitrogen and oxygen atoms in total. The highest BCUT2D eigenvalue weighted by Crippen LogP contribution is 2.28. The van der Waals surface area contributed by atoms with Crippen molar-refractivity contribution in [2.75, 3.05) is 32.1 Å². The van der Waals surface area contributed by atoms with E-state index < -0.39 is 0 Å². The Morgan fingerprint density at radius 3 is 2.95 bits per heavy atom. The van der Waals surface area contributed by atoms with E-state index in [2.05, 4.69) is 11.4 Å². The highest BCUT2D eigenvalue weighted by Gasteiger charge is 2.28. The monoisotopic (exact) mass is 274 g/mol. The second kappa shape index (κ2) is 5.83. The molecule has 1 fully saturated rings. The summed E-state index contributed by atoms with van der Waals surface area (Å²) in [5.74, 6) is 0.929. The van der Waals surface area contributed by atoms with Crippen LogP contribution in [0.15, 0.2) is 24.3 Å². The predicted octanol–water partition coefficient (Wildman–Crippen LogP) is 1.91. The van der Waals surface area contributed by atoms with Gasteiger partial charge in [-0.05, 0) is 30.4 Å². The Balaban J connectivity index is 1.44. The summed E-state index contributed by atoms with van der Waals surface area (Å²) in [6.07, 6.45) is 3.39. The molecule has 0 spiro atoms. The highest BCUT2D eigenvalue weighted by atomic mass is 16.5. The molecular formula is C16H22N2O2. The maximum absolute atomic E-state index is 12.4. The van der Waals surface area contributed by atoms with E-state index in [-0.39, 0.29) is 11.9 Å². The van der Waals surface area contributed by atoms with Crippen LogP contribution in [0.4, 0.5) is 5.69 Å². The van der Waals surface area contributed by atoms with E-state index in [1.807, 2.05) is 25.2 Å². The number of carbonyl (C=O) groups is 1. The molecule has 20 heavy (non-hydrogen) atoms. The van der Waals surface area contributed by atoms with Gasteiger partial charge in [-0.25, -0.2) is 0 Å². The van der Waals surface area contributed by atoms with Gasteiger partial charge in [0.2, 0.25) is 5.91 Å². The minimum atomic E-state index is -0.124. The van der Waals surface area contributed by atoms with Gasteiger partial charge in [0.1, 0.15) is 6.04 Å². The molecule has 1 aliphatic carbocycles. The molecule has 4 heteroatoms. The number of nitrogens with one attached hydrogen (secondary N) is 1. The molecule has 1 aliphatic heterocycles. The van der Waals surface area contributed by atoms with Crippen molar-refractivity contribution in [3.63, 3.8) is 0 Å². The van der Waals surface area contributed by atoms with Crippen LogP contribution < -0.4 is 5.32 Å². The largest absolute Gasteiger partial charge is 0.379 e. The molecule has 0 radical (unpaired) electrons. The average molecular weight is 274 g/mol. The summed E-state index contributed by atoms with van der Waals surface area (Å²) >= 11 is 0. The molecule has 1 amide bonds. The zero-order chi connectivity index (χ0) is 13.9. The molecule has 1 N–H and O–H groups in total. The lowest BCUT2D eigenvalue weighted by molar-refractivity contribution is -0.131. The highest BCUT2D eigenvalue weighted by molar-refractivity contribution is 5.87. The van der Waals surface area contributed by atoms with E-state index in [0.29, 0.717) is 13.2 Å². The Bertz CT molecular complexity index is 460. The fourth-order valence-electron chi connectivity index (χ4n) is 2.56. The van der Waals surface area contributed by atoms with Crippen LogP contribution in [0.25, 0.3) is 0 Å². The lowest BCUT2D eigenvalue weighted by Gasteiger charge is -2.21. The van der Waals surface area contributed by atoms with Crippen LogP contribution in [0.2, 0.25) is 0 Å². The number of carbonyl (C=O) groups excluding carboxylic acids is 1. The van der Waals surface area contributed by atoms with E-state index in [4.69, 9.17) is 4.74 Å². The quantitative estimate of drug-likeness (QED) is 0.806. The number of likely N-dealkylation sites (N-methyl/N-ethyl adjacent to an activating group) is 1. The first-order chi connectivity index (χ1) is 9.74. The van der Waals surface area contributed by atoms with Gasteiger partial charge < -0.3 is 15.0 Å². The second-order valence-corrected chi connectivity index (χ2v) is 5.84. The molecule has 1 aromatic carbocycles. The smallest absolute Gasteiger partial charge is 0.245 e. The van der Waals surface area contributed by atoms with Crippen molar-refractivity contribution in [3.05, 3.63) is 29.8 Å². The van der Waals surface area contributed by atoms with Gasteiger partial charge in [0.05, 0.1) is 6.61 Å². The predicted molar refractivity (Wildman–Crippen MR) is 78.7 cm³/mol. The van der Waals surface area contributed by atoms with Gasteiger partial charge in [0.15, 0.2) is 0 Å². The van der Waals surface area contributed by atoms with Gasteiger partial charge in [0.25, 0.3) is 0 Å². The Morgan fingerprint density at radius 2 is 2.20 bits per heavy atom. The van der Waals surface area contributed by atoms with Crippen LogP contribution in [0, 0.1) is 5.92 Å². The first kappa shape index (κ1) is 13.4. The molecule has 1 saturated carbocycles. The van der Waals surface area contributed by atoms with Crippen molar-refractivity contribution in [2.45, 2.75) is 25.3 Å². The third kappa shape index (κ3) is 3.12. The maximum Gasteiger partial charge on any atom is 0.245 e. The number of amides is 1. The van der Waals surface area contributed by atoms with E-state index in [9.17, 15) is 4.79 Å². The Kier molecular flexibility index (Phi) is 3.92. The van der Waals surface area contributed by atoms with Crippen molar-refractivity contribution in [3.8, 4) is 0 Å². The molecule has 1 atom stereocenters. The van der Waals surface area contributed by atoms with Crippen molar-refractivity contribution in [1.29, 1.82) is 0 Å². The van der Waals surface area contributed by atoms with Crippen LogP contribution in [-0.4, -0.2) is 43.7 Å². The van der Waals surface area contributed by atoms with Crippen LogP contribution in [0.5, 0.6) is 0 Å². The second-order valence-electron chi connectivity index (χ2n) is 5.84. The van der Waals surface area contributed by atoms with Gasteiger partial charge in [-0.1, -0.05) is 18.2 Å². The molecule has 108 valence electrons. The van der Waals surface area contributed by atoms with Crippen molar-refractivity contribution >= 4 is 11.6 Å². The summed E-state index contributed by atoms with van der Waals surface area (Å²) in [5, 5.41) is 3.30. The van der Waals surface area contributed by atoms with Gasteiger partial charge in [-0.3, -0.25) is 4.79 Å². The lowest BCUT2D eigenvalue weighted by atomic mass is 10.1. The third-order valence-corrected chi connectivity index (χ3v) is 4.07. The van der Waals surface area contributed by atoms with E-state index in [0.717, 1.165) is 24.6 Å². The molecule has 3 rings (SSSR count). The molecule has 0 unspecified atom stereocenters. The van der Waals surface area contributed by atoms with Crippen LogP contribution in [0.1, 0.15) is 18.4 Å². The van der Waals surface area contributed by atoms with E-state index in [1.54, 1.807) is 4.90 Å². The van der Waals surface area contributed by atoms with Crippen LogP contribution in [0.3, 0.4) is 0 Å². The number of hydrogen-bond acceptors (Lipinski definition) is 3. The number of para-hydroxylation sites is 1. The number of benzene rings is 1. The Morgan fingerprint density at radius 1 is 1.40 bits per heavy atom. The first-order valence-electron chi connectivity index (χ1n) is 7.41. The fourth-order valence-corrected chi connectivity index (χ4v) is 2.56. The summed E-state index contributed by atoms with van der Waals surface area (Å²) in [6, 6.07) is 7.99. The molecule has 0 bridgehead atoms. The van der Waals surface area contributed by atoms with E-state index >= 15 is 0 Å². The number of hydrogen-bond donors (Lipinski definition) is 1. The van der Waals surface area contributed by atoms with Gasteiger partial charge >= 0.3 is 0 Å². The average Bonchev–Trinajstić information content (AvgIpc) is 3.18.